The average Bonchev–Trinajstić information content (AvgIpc) is 3.23. The van der Waals surface area contributed by atoms with Crippen molar-refractivity contribution in [3.05, 3.63) is 0 Å². The van der Waals surface area contributed by atoms with E-state index in [1.807, 2.05) is 9.80 Å². The maximum absolute atomic E-state index is 12.6. The minimum Gasteiger partial charge on any atom is -0.394 e. The molecule has 5 nitrogen and oxygen atoms in total. The Morgan fingerprint density at radius 2 is 1.70 bits per heavy atom. The molecule has 3 aliphatic rings. The zero-order valence-electron chi connectivity index (χ0n) is 12.0. The number of likely N-dealkylation sites (tertiary alicyclic amines) is 2. The van der Waals surface area contributed by atoms with Crippen LogP contribution in [-0.2, 0) is 9.59 Å². The second-order valence-electron chi connectivity index (χ2n) is 6.41. The van der Waals surface area contributed by atoms with Crippen molar-refractivity contribution in [2.75, 3.05) is 26.2 Å². The Bertz CT molecular complexity index is 395. The maximum atomic E-state index is 12.6. The second-order valence-corrected chi connectivity index (χ2v) is 6.41. The van der Waals surface area contributed by atoms with Gasteiger partial charge in [0.1, 0.15) is 0 Å². The van der Waals surface area contributed by atoms with Gasteiger partial charge in [0.2, 0.25) is 11.8 Å². The van der Waals surface area contributed by atoms with Crippen LogP contribution < -0.4 is 0 Å². The number of hydrogen-bond donors (Lipinski definition) is 1. The second kappa shape index (κ2) is 5.72. The molecule has 5 heteroatoms. The van der Waals surface area contributed by atoms with E-state index in [9.17, 15) is 14.7 Å². The average molecular weight is 280 g/mol. The van der Waals surface area contributed by atoms with Gasteiger partial charge in [0.15, 0.2) is 0 Å². The van der Waals surface area contributed by atoms with E-state index < -0.39 is 0 Å². The molecule has 1 saturated carbocycles. The van der Waals surface area contributed by atoms with Crippen LogP contribution in [0.25, 0.3) is 0 Å². The number of piperidine rings is 1. The molecule has 2 heterocycles. The van der Waals surface area contributed by atoms with E-state index in [0.29, 0.717) is 6.54 Å². The fraction of sp³-hybridized carbons (Fsp3) is 0.867. The number of carbonyl (C=O) groups is 2. The summed E-state index contributed by atoms with van der Waals surface area (Å²) in [6.45, 7) is 2.21. The Morgan fingerprint density at radius 3 is 2.40 bits per heavy atom. The normalized spacial score (nSPS) is 30.6. The molecular weight excluding hydrogens is 256 g/mol. The minimum absolute atomic E-state index is 0.00277. The lowest BCUT2D eigenvalue weighted by atomic mass is 9.95. The van der Waals surface area contributed by atoms with Gasteiger partial charge in [-0.15, -0.1) is 0 Å². The van der Waals surface area contributed by atoms with E-state index in [0.717, 1.165) is 51.6 Å². The summed E-state index contributed by atoms with van der Waals surface area (Å²) in [5.74, 6) is 0.580. The fourth-order valence-electron chi connectivity index (χ4n) is 3.52. The molecule has 1 aliphatic carbocycles. The van der Waals surface area contributed by atoms with Crippen LogP contribution in [-0.4, -0.2) is 59.0 Å². The Balaban J connectivity index is 1.61. The fourth-order valence-corrected chi connectivity index (χ4v) is 3.52. The van der Waals surface area contributed by atoms with Crippen molar-refractivity contribution < 1.29 is 14.7 Å². The van der Waals surface area contributed by atoms with Crippen LogP contribution in [0.5, 0.6) is 0 Å². The standard InChI is InChI=1S/C15H24N2O3/c18-10-13-4-2-8-17(13)15(20)12-3-1-7-16(9-12)14(19)11-5-6-11/h11-13,18H,1-10H2/t12?,13-/m1/s1. The molecule has 0 radical (unpaired) electrons. The van der Waals surface area contributed by atoms with Crippen LogP contribution in [0.1, 0.15) is 38.5 Å². The van der Waals surface area contributed by atoms with Gasteiger partial charge in [0.05, 0.1) is 18.6 Å². The largest absolute Gasteiger partial charge is 0.394 e. The van der Waals surface area contributed by atoms with Crippen molar-refractivity contribution in [1.82, 2.24) is 9.80 Å². The van der Waals surface area contributed by atoms with Gasteiger partial charge in [-0.2, -0.15) is 0 Å². The summed E-state index contributed by atoms with van der Waals surface area (Å²) >= 11 is 0. The molecule has 3 fully saturated rings. The lowest BCUT2D eigenvalue weighted by molar-refractivity contribution is -0.142. The highest BCUT2D eigenvalue weighted by Crippen LogP contribution is 2.33. The third kappa shape index (κ3) is 2.68. The lowest BCUT2D eigenvalue weighted by Crippen LogP contribution is -2.48. The molecule has 1 unspecified atom stereocenters. The van der Waals surface area contributed by atoms with Gasteiger partial charge in [-0.05, 0) is 38.5 Å². The summed E-state index contributed by atoms with van der Waals surface area (Å²) in [6, 6.07) is -0.00277. The first-order valence-electron chi connectivity index (χ1n) is 7.91. The van der Waals surface area contributed by atoms with Crippen molar-refractivity contribution in [3.8, 4) is 0 Å². The Labute approximate surface area is 119 Å². The summed E-state index contributed by atoms with van der Waals surface area (Å²) in [5, 5.41) is 9.35. The summed E-state index contributed by atoms with van der Waals surface area (Å²) in [4.78, 5) is 28.5. The van der Waals surface area contributed by atoms with Crippen molar-refractivity contribution >= 4 is 11.8 Å². The van der Waals surface area contributed by atoms with Crippen molar-refractivity contribution in [2.45, 2.75) is 44.6 Å². The molecular formula is C15H24N2O3. The number of aliphatic hydroxyl groups excluding tert-OH is 1. The van der Waals surface area contributed by atoms with Gasteiger partial charge in [-0.25, -0.2) is 0 Å². The van der Waals surface area contributed by atoms with Gasteiger partial charge in [-0.3, -0.25) is 9.59 Å². The first-order valence-corrected chi connectivity index (χ1v) is 7.91. The molecule has 112 valence electrons. The van der Waals surface area contributed by atoms with Gasteiger partial charge in [0, 0.05) is 25.6 Å². The first-order chi connectivity index (χ1) is 9.70. The zero-order chi connectivity index (χ0) is 14.1. The summed E-state index contributed by atoms with van der Waals surface area (Å²) in [7, 11) is 0. The highest BCUT2D eigenvalue weighted by molar-refractivity contribution is 5.83. The van der Waals surface area contributed by atoms with E-state index in [1.165, 1.54) is 0 Å². The molecule has 0 aromatic heterocycles. The monoisotopic (exact) mass is 280 g/mol. The number of amides is 2. The molecule has 0 aromatic rings. The van der Waals surface area contributed by atoms with Crippen LogP contribution >= 0.6 is 0 Å². The third-order valence-electron chi connectivity index (χ3n) is 4.88. The topological polar surface area (TPSA) is 60.9 Å². The highest BCUT2D eigenvalue weighted by atomic mass is 16.3. The predicted octanol–water partition coefficient (Wildman–Crippen LogP) is 0.618. The number of rotatable bonds is 3. The molecule has 2 saturated heterocycles. The third-order valence-corrected chi connectivity index (χ3v) is 4.88. The van der Waals surface area contributed by atoms with E-state index in [4.69, 9.17) is 0 Å². The SMILES string of the molecule is O=C(C1CC1)N1CCCC(C(=O)N2CCC[C@@H]2CO)C1. The summed E-state index contributed by atoms with van der Waals surface area (Å²) in [6.07, 6.45) is 5.72. The Morgan fingerprint density at radius 1 is 0.950 bits per heavy atom. The van der Waals surface area contributed by atoms with Crippen LogP contribution in [0.15, 0.2) is 0 Å². The van der Waals surface area contributed by atoms with Crippen LogP contribution in [0.3, 0.4) is 0 Å². The maximum Gasteiger partial charge on any atom is 0.227 e. The van der Waals surface area contributed by atoms with Gasteiger partial charge >= 0.3 is 0 Å². The van der Waals surface area contributed by atoms with E-state index in [-0.39, 0.29) is 36.3 Å². The first kappa shape index (κ1) is 13.9. The minimum atomic E-state index is -0.0569. The van der Waals surface area contributed by atoms with E-state index in [1.54, 1.807) is 0 Å². The smallest absolute Gasteiger partial charge is 0.227 e. The van der Waals surface area contributed by atoms with Crippen molar-refractivity contribution in [3.63, 3.8) is 0 Å². The van der Waals surface area contributed by atoms with Gasteiger partial charge in [-0.1, -0.05) is 0 Å². The molecule has 0 aromatic carbocycles. The number of nitrogens with zero attached hydrogens (tertiary/aromatic N) is 2. The molecule has 2 atom stereocenters. The van der Waals surface area contributed by atoms with Crippen molar-refractivity contribution in [2.24, 2.45) is 11.8 Å². The summed E-state index contributed by atoms with van der Waals surface area (Å²) in [5.41, 5.74) is 0. The molecule has 1 N–H and O–H groups in total. The van der Waals surface area contributed by atoms with Crippen LogP contribution in [0, 0.1) is 11.8 Å². The van der Waals surface area contributed by atoms with Crippen molar-refractivity contribution in [1.29, 1.82) is 0 Å². The molecule has 0 bridgehead atoms. The van der Waals surface area contributed by atoms with Crippen LogP contribution in [0.4, 0.5) is 0 Å². The molecule has 2 amide bonds. The lowest BCUT2D eigenvalue weighted by Gasteiger charge is -2.35. The van der Waals surface area contributed by atoms with Gasteiger partial charge in [0.25, 0.3) is 0 Å². The predicted molar refractivity (Wildman–Crippen MR) is 73.8 cm³/mol. The Hall–Kier alpha value is -1.10. The van der Waals surface area contributed by atoms with E-state index >= 15 is 0 Å². The Kier molecular flexibility index (Phi) is 3.96. The molecule has 0 spiro atoms. The van der Waals surface area contributed by atoms with Crippen LogP contribution in [0.2, 0.25) is 0 Å². The highest BCUT2D eigenvalue weighted by Gasteiger charge is 2.39. The molecule has 3 rings (SSSR count). The molecule has 2 aliphatic heterocycles. The number of carbonyl (C=O) groups excluding carboxylic acids is 2. The van der Waals surface area contributed by atoms with Gasteiger partial charge < -0.3 is 14.9 Å². The number of aliphatic hydroxyl groups is 1. The van der Waals surface area contributed by atoms with E-state index in [2.05, 4.69) is 0 Å². The quantitative estimate of drug-likeness (QED) is 0.824. The summed E-state index contributed by atoms with van der Waals surface area (Å²) < 4.78 is 0. The number of hydrogen-bond acceptors (Lipinski definition) is 3. The molecule has 20 heavy (non-hydrogen) atoms. The zero-order valence-corrected chi connectivity index (χ0v) is 12.0.